The molecule has 1 aromatic heterocycles. The number of aromatic hydroxyl groups is 2. The van der Waals surface area contributed by atoms with Crippen molar-refractivity contribution in [1.29, 1.82) is 0 Å². The zero-order valence-corrected chi connectivity index (χ0v) is 10.9. The van der Waals surface area contributed by atoms with Gasteiger partial charge in [0.1, 0.15) is 10.3 Å². The minimum atomic E-state index is -0.507. The summed E-state index contributed by atoms with van der Waals surface area (Å²) in [4.78, 5) is 17.7. The lowest BCUT2D eigenvalue weighted by Crippen LogP contribution is -2.09. The lowest BCUT2D eigenvalue weighted by Gasteiger charge is -2.06. The number of methoxy groups -OCH3 is 1. The van der Waals surface area contributed by atoms with Gasteiger partial charge in [0.05, 0.1) is 7.11 Å². The molecular formula is C11H9BrN2O4. The highest BCUT2D eigenvalue weighted by atomic mass is 79.9. The number of hydrogen-bond donors (Lipinski definition) is 3. The molecule has 3 N–H and O–H groups in total. The van der Waals surface area contributed by atoms with Crippen molar-refractivity contribution in [1.82, 2.24) is 9.97 Å². The summed E-state index contributed by atoms with van der Waals surface area (Å²) in [5.41, 5.74) is -0.0546. The van der Waals surface area contributed by atoms with Crippen LogP contribution >= 0.6 is 15.9 Å². The monoisotopic (exact) mass is 312 g/mol. The average Bonchev–Trinajstić information content (AvgIpc) is 2.35. The molecule has 18 heavy (non-hydrogen) atoms. The second kappa shape index (κ2) is 4.69. The van der Waals surface area contributed by atoms with Crippen molar-refractivity contribution in [2.24, 2.45) is 0 Å². The van der Waals surface area contributed by atoms with Gasteiger partial charge in [-0.1, -0.05) is 0 Å². The van der Waals surface area contributed by atoms with E-state index in [-0.39, 0.29) is 16.0 Å². The molecule has 0 atom stereocenters. The number of benzene rings is 1. The van der Waals surface area contributed by atoms with Crippen LogP contribution in [0.5, 0.6) is 17.4 Å². The molecule has 2 aromatic rings. The number of ether oxygens (including phenoxy) is 1. The summed E-state index contributed by atoms with van der Waals surface area (Å²) in [7, 11) is 1.43. The molecule has 0 spiro atoms. The largest absolute Gasteiger partial charge is 0.504 e. The molecule has 1 aromatic carbocycles. The fraction of sp³-hybridized carbons (Fsp3) is 0.0909. The Balaban J connectivity index is 2.56. The predicted octanol–water partition coefficient (Wildman–Crippen LogP) is 1.62. The number of H-pyrrole nitrogens is 1. The number of phenols is 1. The zero-order valence-electron chi connectivity index (χ0n) is 9.27. The van der Waals surface area contributed by atoms with Gasteiger partial charge in [0.15, 0.2) is 11.5 Å². The summed E-state index contributed by atoms with van der Waals surface area (Å²) in [6, 6.07) is 4.51. The van der Waals surface area contributed by atoms with Crippen LogP contribution in [0, 0.1) is 0 Å². The number of nitrogens with zero attached hydrogens (tertiary/aromatic N) is 1. The maximum atomic E-state index is 11.5. The molecule has 0 saturated carbocycles. The van der Waals surface area contributed by atoms with Crippen molar-refractivity contribution in [2.75, 3.05) is 7.11 Å². The fourth-order valence-corrected chi connectivity index (χ4v) is 1.61. The average molecular weight is 313 g/mol. The molecule has 1 heterocycles. The van der Waals surface area contributed by atoms with Crippen LogP contribution in [0.4, 0.5) is 0 Å². The number of nitrogens with one attached hydrogen (secondary N) is 1. The van der Waals surface area contributed by atoms with E-state index in [1.54, 1.807) is 6.07 Å². The molecule has 0 aliphatic carbocycles. The van der Waals surface area contributed by atoms with Gasteiger partial charge >= 0.3 is 0 Å². The zero-order chi connectivity index (χ0) is 13.3. The van der Waals surface area contributed by atoms with Gasteiger partial charge in [0.2, 0.25) is 5.88 Å². The van der Waals surface area contributed by atoms with Crippen LogP contribution in [0.25, 0.3) is 11.4 Å². The molecule has 6 nitrogen and oxygen atoms in total. The van der Waals surface area contributed by atoms with Gasteiger partial charge in [-0.15, -0.1) is 0 Å². The Bertz CT molecular complexity index is 654. The summed E-state index contributed by atoms with van der Waals surface area (Å²) in [5, 5.41) is 19.1. The van der Waals surface area contributed by atoms with Gasteiger partial charge in [0.25, 0.3) is 5.56 Å². The SMILES string of the molecule is COc1ccc(-c2nc(O)c(Br)c(=O)[nH]2)cc1O. The molecular weight excluding hydrogens is 304 g/mol. The highest BCUT2D eigenvalue weighted by Crippen LogP contribution is 2.30. The van der Waals surface area contributed by atoms with Gasteiger partial charge < -0.3 is 19.9 Å². The fourth-order valence-electron chi connectivity index (χ4n) is 1.42. The quantitative estimate of drug-likeness (QED) is 0.783. The van der Waals surface area contributed by atoms with E-state index < -0.39 is 11.4 Å². The van der Waals surface area contributed by atoms with Gasteiger partial charge in [-0.2, -0.15) is 4.98 Å². The molecule has 0 fully saturated rings. The van der Waals surface area contributed by atoms with Crippen LogP contribution in [0.1, 0.15) is 0 Å². The Hall–Kier alpha value is -2.02. The third kappa shape index (κ3) is 2.17. The molecule has 7 heteroatoms. The molecule has 0 unspecified atom stereocenters. The Labute approximate surface area is 110 Å². The van der Waals surface area contributed by atoms with Crippen LogP contribution in [0.3, 0.4) is 0 Å². The smallest absolute Gasteiger partial charge is 0.269 e. The first-order valence-corrected chi connectivity index (χ1v) is 5.68. The number of aromatic amines is 1. The summed E-state index contributed by atoms with van der Waals surface area (Å²) in [6.45, 7) is 0. The van der Waals surface area contributed by atoms with Crippen molar-refractivity contribution in [3.63, 3.8) is 0 Å². The second-order valence-electron chi connectivity index (χ2n) is 3.44. The Morgan fingerprint density at radius 1 is 1.39 bits per heavy atom. The highest BCUT2D eigenvalue weighted by molar-refractivity contribution is 9.10. The predicted molar refractivity (Wildman–Crippen MR) is 67.9 cm³/mol. The van der Waals surface area contributed by atoms with Crippen molar-refractivity contribution in [3.8, 4) is 28.8 Å². The Morgan fingerprint density at radius 3 is 2.67 bits per heavy atom. The van der Waals surface area contributed by atoms with Crippen LogP contribution in [0.15, 0.2) is 27.5 Å². The van der Waals surface area contributed by atoms with Crippen LogP contribution in [-0.2, 0) is 0 Å². The molecule has 0 bridgehead atoms. The van der Waals surface area contributed by atoms with Gasteiger partial charge in [0, 0.05) is 5.56 Å². The van der Waals surface area contributed by atoms with Gasteiger partial charge in [-0.25, -0.2) is 0 Å². The number of phenolic OH excluding ortho intramolecular Hbond substituents is 1. The van der Waals surface area contributed by atoms with E-state index in [0.717, 1.165) is 0 Å². The van der Waals surface area contributed by atoms with Crippen molar-refractivity contribution >= 4 is 15.9 Å². The first kappa shape index (κ1) is 12.4. The van der Waals surface area contributed by atoms with Gasteiger partial charge in [-0.05, 0) is 34.1 Å². The summed E-state index contributed by atoms with van der Waals surface area (Å²) in [5.74, 6) is -0.0369. The summed E-state index contributed by atoms with van der Waals surface area (Å²) in [6.07, 6.45) is 0. The molecule has 0 saturated heterocycles. The van der Waals surface area contributed by atoms with E-state index in [0.29, 0.717) is 11.3 Å². The van der Waals surface area contributed by atoms with E-state index >= 15 is 0 Å². The third-order valence-electron chi connectivity index (χ3n) is 2.30. The normalized spacial score (nSPS) is 10.3. The van der Waals surface area contributed by atoms with Crippen molar-refractivity contribution < 1.29 is 14.9 Å². The third-order valence-corrected chi connectivity index (χ3v) is 3.01. The molecule has 2 rings (SSSR count). The molecule has 0 amide bonds. The van der Waals surface area contributed by atoms with Crippen molar-refractivity contribution in [3.05, 3.63) is 33.0 Å². The van der Waals surface area contributed by atoms with Crippen molar-refractivity contribution in [2.45, 2.75) is 0 Å². The maximum absolute atomic E-state index is 11.5. The topological polar surface area (TPSA) is 95.4 Å². The first-order valence-electron chi connectivity index (χ1n) is 4.89. The lowest BCUT2D eigenvalue weighted by atomic mass is 10.2. The molecule has 0 aliphatic rings. The van der Waals surface area contributed by atoms with E-state index in [9.17, 15) is 15.0 Å². The minimum absolute atomic E-state index is 0.0380. The second-order valence-corrected chi connectivity index (χ2v) is 4.23. The van der Waals surface area contributed by atoms with E-state index in [1.807, 2.05) is 0 Å². The molecule has 0 radical (unpaired) electrons. The number of rotatable bonds is 2. The summed E-state index contributed by atoms with van der Waals surface area (Å²) < 4.78 is 4.87. The Morgan fingerprint density at radius 2 is 2.11 bits per heavy atom. The van der Waals surface area contributed by atoms with Crippen LogP contribution in [-0.4, -0.2) is 27.3 Å². The van der Waals surface area contributed by atoms with E-state index in [2.05, 4.69) is 25.9 Å². The molecule has 0 aliphatic heterocycles. The number of aromatic nitrogens is 2. The first-order chi connectivity index (χ1) is 8.52. The van der Waals surface area contributed by atoms with Crippen LogP contribution in [0.2, 0.25) is 0 Å². The van der Waals surface area contributed by atoms with E-state index in [4.69, 9.17) is 4.74 Å². The standard InChI is InChI=1S/C11H9BrN2O4/c1-18-7-3-2-5(4-6(7)15)9-13-10(16)8(12)11(17)14-9/h2-4,15H,1H3,(H2,13,14,16,17). The van der Waals surface area contributed by atoms with E-state index in [1.165, 1.54) is 19.2 Å². The lowest BCUT2D eigenvalue weighted by molar-refractivity contribution is 0.373. The summed E-state index contributed by atoms with van der Waals surface area (Å²) >= 11 is 2.90. The Kier molecular flexibility index (Phi) is 3.24. The number of halogens is 1. The van der Waals surface area contributed by atoms with Crippen LogP contribution < -0.4 is 10.3 Å². The highest BCUT2D eigenvalue weighted by Gasteiger charge is 2.11. The maximum Gasteiger partial charge on any atom is 0.269 e. The minimum Gasteiger partial charge on any atom is -0.504 e. The van der Waals surface area contributed by atoms with Gasteiger partial charge in [-0.3, -0.25) is 4.79 Å². The molecule has 94 valence electrons. The number of hydrogen-bond acceptors (Lipinski definition) is 5.